The fraction of sp³-hybridized carbons (Fsp3) is 0.412. The zero-order chi connectivity index (χ0) is 18.5. The molecule has 9 heteroatoms. The average molecular weight is 359 g/mol. The van der Waals surface area contributed by atoms with Crippen molar-refractivity contribution in [2.24, 2.45) is 0 Å². The van der Waals surface area contributed by atoms with Crippen LogP contribution in [-0.4, -0.2) is 52.4 Å². The summed E-state index contributed by atoms with van der Waals surface area (Å²) in [5.74, 6) is -0.847. The van der Waals surface area contributed by atoms with Crippen molar-refractivity contribution in [3.8, 4) is 0 Å². The lowest BCUT2D eigenvalue weighted by Crippen LogP contribution is -2.27. The van der Waals surface area contributed by atoms with E-state index >= 15 is 0 Å². The van der Waals surface area contributed by atoms with Gasteiger partial charge in [-0.25, -0.2) is 9.75 Å². The van der Waals surface area contributed by atoms with E-state index in [1.807, 2.05) is 0 Å². The number of pyridine rings is 1. The molecule has 0 saturated carbocycles. The van der Waals surface area contributed by atoms with Crippen LogP contribution in [0.1, 0.15) is 46.3 Å². The molecule has 1 N–H and O–H groups in total. The molecule has 1 aliphatic heterocycles. The molecule has 2 amide bonds. The second-order valence-corrected chi connectivity index (χ2v) is 5.87. The van der Waals surface area contributed by atoms with Crippen LogP contribution in [0.4, 0.5) is 5.69 Å². The van der Waals surface area contributed by atoms with E-state index in [0.717, 1.165) is 24.3 Å². The molecular weight excluding hydrogens is 338 g/mol. The molecule has 3 rings (SSSR count). The zero-order valence-corrected chi connectivity index (χ0v) is 14.7. The summed E-state index contributed by atoms with van der Waals surface area (Å²) in [4.78, 5) is 33.8. The minimum atomic E-state index is -0.469. The first-order valence-corrected chi connectivity index (χ1v) is 8.34. The molecule has 138 valence electrons. The van der Waals surface area contributed by atoms with Gasteiger partial charge in [-0.3, -0.25) is 19.4 Å². The van der Waals surface area contributed by atoms with Crippen molar-refractivity contribution in [1.82, 2.24) is 19.8 Å². The number of carbonyl (C=O) groups is 2. The number of aromatic nitrogens is 3. The van der Waals surface area contributed by atoms with Gasteiger partial charge < -0.3 is 10.1 Å². The normalized spacial score (nSPS) is 16.9. The number of hydroxylamine groups is 2. The molecule has 9 nitrogen and oxygen atoms in total. The average Bonchev–Trinajstić information content (AvgIpc) is 3.11. The smallest absolute Gasteiger partial charge is 0.299 e. The summed E-state index contributed by atoms with van der Waals surface area (Å²) < 4.78 is 7.29. The summed E-state index contributed by atoms with van der Waals surface area (Å²) in [5.41, 5.74) is 0.760. The zero-order valence-electron chi connectivity index (χ0n) is 14.7. The number of ether oxygens (including phenoxy) is 1. The maximum atomic E-state index is 12.5. The molecule has 1 aliphatic rings. The van der Waals surface area contributed by atoms with Crippen LogP contribution >= 0.6 is 0 Å². The summed E-state index contributed by atoms with van der Waals surface area (Å²) in [6, 6.07) is 3.30. The van der Waals surface area contributed by atoms with Gasteiger partial charge in [0.15, 0.2) is 5.69 Å². The number of nitrogens with one attached hydrogen (secondary N) is 1. The predicted octanol–water partition coefficient (Wildman–Crippen LogP) is 1.86. The highest BCUT2D eigenvalue weighted by Crippen LogP contribution is 2.25. The third kappa shape index (κ3) is 3.89. The van der Waals surface area contributed by atoms with Gasteiger partial charge in [0.05, 0.1) is 24.6 Å². The van der Waals surface area contributed by atoms with Gasteiger partial charge in [0, 0.05) is 26.0 Å². The topological polar surface area (TPSA) is 98.6 Å². The van der Waals surface area contributed by atoms with Gasteiger partial charge >= 0.3 is 0 Å². The second kappa shape index (κ2) is 8.07. The van der Waals surface area contributed by atoms with E-state index in [1.54, 1.807) is 29.2 Å². The summed E-state index contributed by atoms with van der Waals surface area (Å²) >= 11 is 0. The molecule has 0 spiro atoms. The van der Waals surface area contributed by atoms with Crippen LogP contribution in [0.15, 0.2) is 30.7 Å². The predicted molar refractivity (Wildman–Crippen MR) is 92.4 cm³/mol. The third-order valence-electron chi connectivity index (χ3n) is 4.12. The molecule has 0 aliphatic carbocycles. The first kappa shape index (κ1) is 18.0. The van der Waals surface area contributed by atoms with E-state index < -0.39 is 5.91 Å². The van der Waals surface area contributed by atoms with Crippen LogP contribution in [0.3, 0.4) is 0 Å². The lowest BCUT2D eigenvalue weighted by molar-refractivity contribution is -0.0763. The van der Waals surface area contributed by atoms with Gasteiger partial charge in [-0.1, -0.05) is 0 Å². The molecule has 0 bridgehead atoms. The van der Waals surface area contributed by atoms with E-state index in [2.05, 4.69) is 15.4 Å². The molecule has 3 heterocycles. The number of rotatable bonds is 5. The molecule has 1 saturated heterocycles. The molecule has 1 fully saturated rings. The van der Waals surface area contributed by atoms with Gasteiger partial charge in [0.25, 0.3) is 11.8 Å². The van der Waals surface area contributed by atoms with Crippen LogP contribution in [0.2, 0.25) is 0 Å². The summed E-state index contributed by atoms with van der Waals surface area (Å²) in [5, 5.41) is 8.11. The fourth-order valence-electron chi connectivity index (χ4n) is 2.64. The maximum Gasteiger partial charge on any atom is 0.299 e. The molecule has 0 aromatic carbocycles. The molecule has 26 heavy (non-hydrogen) atoms. The monoisotopic (exact) mass is 359 g/mol. The number of amides is 2. The number of nitrogens with zero attached hydrogens (tertiary/aromatic N) is 4. The van der Waals surface area contributed by atoms with Gasteiger partial charge in [0.2, 0.25) is 0 Å². The van der Waals surface area contributed by atoms with Crippen LogP contribution < -0.4 is 5.32 Å². The Morgan fingerprint density at radius 3 is 2.92 bits per heavy atom. The minimum absolute atomic E-state index is 0.0840. The highest BCUT2D eigenvalue weighted by molar-refractivity contribution is 6.07. The van der Waals surface area contributed by atoms with Gasteiger partial charge in [-0.05, 0) is 31.4 Å². The fourth-order valence-corrected chi connectivity index (χ4v) is 2.64. The van der Waals surface area contributed by atoms with Crippen LogP contribution in [-0.2, 0) is 9.57 Å². The summed E-state index contributed by atoms with van der Waals surface area (Å²) in [6.45, 7) is 0.642. The molecule has 2 aromatic heterocycles. The minimum Gasteiger partial charge on any atom is -0.357 e. The Morgan fingerprint density at radius 2 is 2.27 bits per heavy atom. The molecule has 2 aromatic rings. The summed E-state index contributed by atoms with van der Waals surface area (Å²) in [7, 11) is 2.86. The van der Waals surface area contributed by atoms with E-state index in [-0.39, 0.29) is 17.8 Å². The molecule has 1 unspecified atom stereocenters. The maximum absolute atomic E-state index is 12.5. The van der Waals surface area contributed by atoms with Crippen molar-refractivity contribution in [3.05, 3.63) is 42.0 Å². The van der Waals surface area contributed by atoms with Crippen LogP contribution in [0.25, 0.3) is 0 Å². The van der Waals surface area contributed by atoms with Gasteiger partial charge in [-0.15, -0.1) is 0 Å². The highest BCUT2D eigenvalue weighted by Gasteiger charge is 2.26. The first-order valence-electron chi connectivity index (χ1n) is 8.34. The Kier molecular flexibility index (Phi) is 5.59. The van der Waals surface area contributed by atoms with Crippen molar-refractivity contribution in [2.75, 3.05) is 26.1 Å². The van der Waals surface area contributed by atoms with Crippen molar-refractivity contribution < 1.29 is 19.2 Å². The Balaban J connectivity index is 1.89. The summed E-state index contributed by atoms with van der Waals surface area (Å²) in [6.07, 6.45) is 7.20. The Morgan fingerprint density at radius 1 is 1.42 bits per heavy atom. The lowest BCUT2D eigenvalue weighted by Gasteiger charge is -2.22. The van der Waals surface area contributed by atoms with Gasteiger partial charge in [0.1, 0.15) is 6.23 Å². The van der Waals surface area contributed by atoms with Crippen molar-refractivity contribution >= 4 is 17.5 Å². The Bertz CT molecular complexity index is 771. The molecule has 1 atom stereocenters. The number of anilines is 1. The second-order valence-electron chi connectivity index (χ2n) is 5.87. The van der Waals surface area contributed by atoms with E-state index in [0.29, 0.717) is 17.9 Å². The van der Waals surface area contributed by atoms with E-state index in [9.17, 15) is 9.59 Å². The molecular formula is C17H21N5O4. The van der Waals surface area contributed by atoms with Crippen molar-refractivity contribution in [2.45, 2.75) is 25.5 Å². The van der Waals surface area contributed by atoms with Crippen LogP contribution in [0.5, 0.6) is 0 Å². The Hall–Kier alpha value is -2.78. The quantitative estimate of drug-likeness (QED) is 0.818. The number of hydrogen-bond donors (Lipinski definition) is 1. The largest absolute Gasteiger partial charge is 0.357 e. The van der Waals surface area contributed by atoms with E-state index in [1.165, 1.54) is 20.4 Å². The SMILES string of the molecule is CON(C)C(=O)c1nn(C2CCCCO2)cc1NC(=O)c1cccnc1. The lowest BCUT2D eigenvalue weighted by atomic mass is 10.2. The third-order valence-corrected chi connectivity index (χ3v) is 4.12. The standard InChI is InChI=1S/C17H21N5O4/c1-21(25-2)17(24)15-13(19-16(23)12-6-5-8-18-10-12)11-22(20-15)14-7-3-4-9-26-14/h5-6,8,10-11,14H,3-4,7,9H2,1-2H3,(H,19,23). The Labute approximate surface area is 150 Å². The first-order chi connectivity index (χ1) is 12.6. The van der Waals surface area contributed by atoms with Crippen molar-refractivity contribution in [1.29, 1.82) is 0 Å². The highest BCUT2D eigenvalue weighted by atomic mass is 16.7. The van der Waals surface area contributed by atoms with Crippen molar-refractivity contribution in [3.63, 3.8) is 0 Å². The molecule has 0 radical (unpaired) electrons. The van der Waals surface area contributed by atoms with Gasteiger partial charge in [-0.2, -0.15) is 5.10 Å². The number of hydrogen-bond acceptors (Lipinski definition) is 6. The van der Waals surface area contributed by atoms with E-state index in [4.69, 9.17) is 9.57 Å². The van der Waals surface area contributed by atoms with Crippen LogP contribution in [0, 0.1) is 0 Å². The number of carbonyl (C=O) groups excluding carboxylic acids is 2.